The van der Waals surface area contributed by atoms with Crippen LogP contribution in [0.25, 0.3) is 0 Å². The molecule has 1 aromatic heterocycles. The fourth-order valence-corrected chi connectivity index (χ4v) is 3.07. The maximum atomic E-state index is 13.0. The van der Waals surface area contributed by atoms with Crippen LogP contribution in [-0.2, 0) is 4.79 Å². The van der Waals surface area contributed by atoms with Crippen LogP contribution in [0.3, 0.4) is 0 Å². The third-order valence-electron chi connectivity index (χ3n) is 3.98. The van der Waals surface area contributed by atoms with E-state index in [4.69, 9.17) is 21.4 Å². The van der Waals surface area contributed by atoms with Gasteiger partial charge < -0.3 is 25.1 Å². The largest absolute Gasteiger partial charge is 0.495 e. The summed E-state index contributed by atoms with van der Waals surface area (Å²) < 4.78 is 11.0. The first kappa shape index (κ1) is 17.0. The molecule has 0 saturated carbocycles. The van der Waals surface area contributed by atoms with E-state index in [2.05, 4.69) is 22.5 Å². The highest BCUT2D eigenvalue weighted by molar-refractivity contribution is 7.80. The monoisotopic (exact) mass is 357 g/mol. The number of rotatable bonds is 4. The summed E-state index contributed by atoms with van der Waals surface area (Å²) in [4.78, 5) is 13.0. The molecule has 1 fully saturated rings. The number of carbonyl (C=O) groups excluding carboxylic acids is 1. The number of methoxy groups -OCH3 is 1. The summed E-state index contributed by atoms with van der Waals surface area (Å²) >= 11 is 5.20. The Labute approximate surface area is 151 Å². The zero-order chi connectivity index (χ0) is 18.0. The molecule has 0 bridgehead atoms. The number of amides is 1. The smallest absolute Gasteiger partial charge is 0.236 e. The van der Waals surface area contributed by atoms with Gasteiger partial charge in [0.05, 0.1) is 12.8 Å². The summed E-state index contributed by atoms with van der Waals surface area (Å²) in [5.41, 5.74) is 1.10. The number of hydrogen-bond donors (Lipinski definition) is 3. The van der Waals surface area contributed by atoms with Gasteiger partial charge in [-0.3, -0.25) is 4.79 Å². The number of hydrogen-bond acceptors (Lipinski definition) is 4. The molecule has 0 spiro atoms. The van der Waals surface area contributed by atoms with Crippen LogP contribution < -0.4 is 20.7 Å². The van der Waals surface area contributed by atoms with Gasteiger partial charge in [-0.15, -0.1) is 0 Å². The van der Waals surface area contributed by atoms with E-state index < -0.39 is 12.0 Å². The van der Waals surface area contributed by atoms with Gasteiger partial charge in [0.15, 0.2) is 5.11 Å². The summed E-state index contributed by atoms with van der Waals surface area (Å²) in [6.07, 6.45) is 0. The summed E-state index contributed by atoms with van der Waals surface area (Å²) in [7, 11) is 1.56. The molecule has 3 N–H and O–H groups in total. The van der Waals surface area contributed by atoms with Gasteiger partial charge in [0.2, 0.25) is 5.91 Å². The molecule has 1 aromatic carbocycles. The van der Waals surface area contributed by atoms with Crippen molar-refractivity contribution < 1.29 is 13.9 Å². The minimum Gasteiger partial charge on any atom is -0.495 e. The minimum absolute atomic E-state index is 0.240. The Morgan fingerprint density at radius 3 is 2.76 bits per heavy atom. The second kappa shape index (κ2) is 6.98. The Balaban J connectivity index is 1.89. The lowest BCUT2D eigenvalue weighted by atomic mass is 9.92. The van der Waals surface area contributed by atoms with E-state index in [-0.39, 0.29) is 5.91 Å². The second-order valence-electron chi connectivity index (χ2n) is 5.72. The van der Waals surface area contributed by atoms with E-state index in [0.717, 1.165) is 5.76 Å². The Kier molecular flexibility index (Phi) is 4.76. The normalized spacial score (nSPS) is 19.8. The van der Waals surface area contributed by atoms with Gasteiger partial charge >= 0.3 is 0 Å². The topological polar surface area (TPSA) is 75.5 Å². The van der Waals surface area contributed by atoms with E-state index in [0.29, 0.717) is 28.0 Å². The Morgan fingerprint density at radius 2 is 2.08 bits per heavy atom. The summed E-state index contributed by atoms with van der Waals surface area (Å²) in [6.45, 7) is 5.81. The highest BCUT2D eigenvalue weighted by Crippen LogP contribution is 2.32. The van der Waals surface area contributed by atoms with E-state index in [1.54, 1.807) is 19.2 Å². The van der Waals surface area contributed by atoms with Crippen LogP contribution in [0.2, 0.25) is 0 Å². The lowest BCUT2D eigenvalue weighted by Gasteiger charge is -2.34. The molecular weight excluding hydrogens is 338 g/mol. The number of nitrogens with one attached hydrogen (secondary N) is 3. The van der Waals surface area contributed by atoms with Crippen molar-refractivity contribution in [2.75, 3.05) is 12.4 Å². The Morgan fingerprint density at radius 1 is 1.32 bits per heavy atom. The number of ether oxygens (including phenoxy) is 1. The molecule has 0 unspecified atom stereocenters. The van der Waals surface area contributed by atoms with E-state index in [1.807, 2.05) is 31.2 Å². The average molecular weight is 357 g/mol. The number of para-hydroxylation sites is 2. The van der Waals surface area contributed by atoms with Crippen molar-refractivity contribution in [3.05, 3.63) is 60.2 Å². The molecule has 1 aliphatic rings. The lowest BCUT2D eigenvalue weighted by Crippen LogP contribution is -2.51. The van der Waals surface area contributed by atoms with Crippen LogP contribution in [-0.4, -0.2) is 18.1 Å². The van der Waals surface area contributed by atoms with Crippen LogP contribution in [0.4, 0.5) is 5.69 Å². The number of thiocarbonyl (C=S) groups is 1. The Hall–Kier alpha value is -2.80. The molecular formula is C18H19N3O3S. The quantitative estimate of drug-likeness (QED) is 0.731. The predicted octanol–water partition coefficient (Wildman–Crippen LogP) is 2.88. The molecule has 7 heteroatoms. The maximum Gasteiger partial charge on any atom is 0.236 e. The fraction of sp³-hybridized carbons (Fsp3) is 0.222. The van der Waals surface area contributed by atoms with E-state index >= 15 is 0 Å². The molecule has 2 atom stereocenters. The zero-order valence-corrected chi connectivity index (χ0v) is 14.8. The molecule has 1 aliphatic heterocycles. The van der Waals surface area contributed by atoms with Crippen molar-refractivity contribution in [2.24, 2.45) is 5.92 Å². The third kappa shape index (κ3) is 3.51. The highest BCUT2D eigenvalue weighted by Gasteiger charge is 2.38. The molecule has 2 aromatic rings. The molecule has 3 rings (SSSR count). The zero-order valence-electron chi connectivity index (χ0n) is 14.0. The number of anilines is 1. The molecule has 6 nitrogen and oxygen atoms in total. The van der Waals surface area contributed by atoms with Gasteiger partial charge in [0, 0.05) is 5.70 Å². The summed E-state index contributed by atoms with van der Waals surface area (Å²) in [5.74, 6) is 1.12. The molecule has 0 aliphatic carbocycles. The standard InChI is InChI=1S/C18H19N3O3S/c1-10-8-9-14(24-10)16-15(11(2)19-18(25)21-16)17(22)20-12-6-4-5-7-13(12)23-3/h4-9,15-16H,2H2,1,3H3,(H,20,22)(H2,19,21,25)/t15-,16+/m1/s1. The number of furan rings is 1. The minimum atomic E-state index is -0.609. The van der Waals surface area contributed by atoms with Crippen molar-refractivity contribution in [1.82, 2.24) is 10.6 Å². The fourth-order valence-electron chi connectivity index (χ4n) is 2.81. The van der Waals surface area contributed by atoms with Crippen LogP contribution in [0.1, 0.15) is 17.6 Å². The highest BCUT2D eigenvalue weighted by atomic mass is 32.1. The Bertz CT molecular complexity index is 830. The average Bonchev–Trinajstić information content (AvgIpc) is 3.01. The first-order valence-corrected chi connectivity index (χ1v) is 8.17. The van der Waals surface area contributed by atoms with Gasteiger partial charge in [0.25, 0.3) is 0 Å². The van der Waals surface area contributed by atoms with Gasteiger partial charge in [-0.05, 0) is 43.4 Å². The number of carbonyl (C=O) groups is 1. The summed E-state index contributed by atoms with van der Waals surface area (Å²) in [6, 6.07) is 10.5. The lowest BCUT2D eigenvalue weighted by molar-refractivity contribution is -0.119. The van der Waals surface area contributed by atoms with Gasteiger partial charge in [-0.25, -0.2) is 0 Å². The third-order valence-corrected chi connectivity index (χ3v) is 4.20. The van der Waals surface area contributed by atoms with Crippen LogP contribution in [0.15, 0.2) is 53.1 Å². The molecule has 1 amide bonds. The van der Waals surface area contributed by atoms with Crippen LogP contribution >= 0.6 is 12.2 Å². The first-order chi connectivity index (χ1) is 12.0. The van der Waals surface area contributed by atoms with E-state index in [1.165, 1.54) is 0 Å². The van der Waals surface area contributed by atoms with Crippen LogP contribution in [0.5, 0.6) is 5.75 Å². The second-order valence-corrected chi connectivity index (χ2v) is 6.13. The van der Waals surface area contributed by atoms with Crippen molar-refractivity contribution in [3.63, 3.8) is 0 Å². The van der Waals surface area contributed by atoms with Crippen molar-refractivity contribution in [2.45, 2.75) is 13.0 Å². The van der Waals surface area contributed by atoms with Gasteiger partial charge in [0.1, 0.15) is 29.2 Å². The van der Waals surface area contributed by atoms with Crippen molar-refractivity contribution >= 4 is 28.9 Å². The molecule has 1 saturated heterocycles. The van der Waals surface area contributed by atoms with Gasteiger partial charge in [-0.2, -0.15) is 0 Å². The number of benzene rings is 1. The van der Waals surface area contributed by atoms with Gasteiger partial charge in [-0.1, -0.05) is 18.7 Å². The molecule has 0 radical (unpaired) electrons. The first-order valence-electron chi connectivity index (χ1n) is 7.76. The van der Waals surface area contributed by atoms with Crippen molar-refractivity contribution in [1.29, 1.82) is 0 Å². The SMILES string of the molecule is C=C1NC(=S)N[C@@H](c2ccc(C)o2)[C@@H]1C(=O)Nc1ccccc1OC. The molecule has 130 valence electrons. The number of aryl methyl sites for hydroxylation is 1. The van der Waals surface area contributed by atoms with E-state index in [9.17, 15) is 4.79 Å². The maximum absolute atomic E-state index is 13.0. The van der Waals surface area contributed by atoms with Crippen LogP contribution in [0, 0.1) is 12.8 Å². The predicted molar refractivity (Wildman–Crippen MR) is 99.3 cm³/mol. The summed E-state index contributed by atoms with van der Waals surface area (Å²) in [5, 5.41) is 9.32. The molecule has 2 heterocycles. The van der Waals surface area contributed by atoms with Crippen molar-refractivity contribution in [3.8, 4) is 5.75 Å². The molecule has 25 heavy (non-hydrogen) atoms.